The summed E-state index contributed by atoms with van der Waals surface area (Å²) in [5, 5.41) is 11.5. The fourth-order valence-electron chi connectivity index (χ4n) is 4.59. The van der Waals surface area contributed by atoms with Crippen LogP contribution in [0.5, 0.6) is 0 Å². The van der Waals surface area contributed by atoms with Crippen LogP contribution in [0.25, 0.3) is 0 Å². The second-order valence-electron chi connectivity index (χ2n) is 12.8. The maximum absolute atomic E-state index is 12.6. The van der Waals surface area contributed by atoms with Crippen LogP contribution in [0.2, 0.25) is 0 Å². The Bertz CT molecular complexity index is 694. The van der Waals surface area contributed by atoms with Crippen molar-refractivity contribution in [2.45, 2.75) is 155 Å². The standard InChI is InChI=1S/C34H65NO8/c1-6-8-10-12-13-14-15-16-17-18-19-21-23-25-32(37)43-30(28-41-31(36)24-22-20-11-9-7-2)29-42-34(33(38)39)40-27-26-35(3,4)5/h30,34H,6-29H2,1-5H3. The molecule has 0 saturated carbocycles. The minimum atomic E-state index is -1.61. The van der Waals surface area contributed by atoms with E-state index in [0.717, 1.165) is 51.4 Å². The lowest BCUT2D eigenvalue weighted by Crippen LogP contribution is -2.44. The number of carboxylic acid groups (broad SMARTS) is 1. The van der Waals surface area contributed by atoms with Crippen molar-refractivity contribution in [3.05, 3.63) is 0 Å². The first-order valence-electron chi connectivity index (χ1n) is 17.2. The third-order valence-corrected chi connectivity index (χ3v) is 7.35. The Morgan fingerprint density at radius 3 is 1.49 bits per heavy atom. The highest BCUT2D eigenvalue weighted by atomic mass is 16.7. The molecule has 0 aliphatic carbocycles. The molecule has 0 aromatic heterocycles. The summed E-state index contributed by atoms with van der Waals surface area (Å²) in [4.78, 5) is 36.3. The monoisotopic (exact) mass is 615 g/mol. The Morgan fingerprint density at radius 2 is 1.05 bits per heavy atom. The maximum Gasteiger partial charge on any atom is 0.306 e. The van der Waals surface area contributed by atoms with Crippen LogP contribution in [0.15, 0.2) is 0 Å². The molecule has 9 heteroatoms. The summed E-state index contributed by atoms with van der Waals surface area (Å²) < 4.78 is 22.2. The Morgan fingerprint density at radius 1 is 0.605 bits per heavy atom. The Balaban J connectivity index is 4.49. The first-order chi connectivity index (χ1) is 20.6. The molecule has 0 spiro atoms. The molecular formula is C34H65NO8. The van der Waals surface area contributed by atoms with Crippen LogP contribution in [0.1, 0.15) is 142 Å². The van der Waals surface area contributed by atoms with Gasteiger partial charge in [0.05, 0.1) is 40.3 Å². The van der Waals surface area contributed by atoms with Gasteiger partial charge in [0.2, 0.25) is 0 Å². The van der Waals surface area contributed by atoms with Crippen molar-refractivity contribution in [3.8, 4) is 0 Å². The van der Waals surface area contributed by atoms with Crippen LogP contribution in [0, 0.1) is 0 Å². The molecule has 0 radical (unpaired) electrons. The number of esters is 2. The highest BCUT2D eigenvalue weighted by Gasteiger charge is 2.21. The third-order valence-electron chi connectivity index (χ3n) is 7.35. The van der Waals surface area contributed by atoms with Gasteiger partial charge in [0.15, 0.2) is 12.4 Å². The van der Waals surface area contributed by atoms with Gasteiger partial charge in [-0.3, -0.25) is 9.59 Å². The van der Waals surface area contributed by atoms with Crippen LogP contribution in [-0.2, 0) is 33.3 Å². The average molecular weight is 616 g/mol. The van der Waals surface area contributed by atoms with E-state index in [9.17, 15) is 19.5 Å². The highest BCUT2D eigenvalue weighted by molar-refractivity contribution is 5.70. The number of aliphatic carboxylic acids is 1. The number of ether oxygens (including phenoxy) is 4. The number of hydrogen-bond acceptors (Lipinski definition) is 8. The molecule has 9 nitrogen and oxygen atoms in total. The van der Waals surface area contributed by atoms with Gasteiger partial charge in [0, 0.05) is 12.8 Å². The second-order valence-corrected chi connectivity index (χ2v) is 12.8. The summed E-state index contributed by atoms with van der Waals surface area (Å²) in [7, 11) is 5.88. The van der Waals surface area contributed by atoms with Gasteiger partial charge in [-0.25, -0.2) is 0 Å². The molecule has 0 amide bonds. The summed E-state index contributed by atoms with van der Waals surface area (Å²) in [6, 6.07) is 0. The van der Waals surface area contributed by atoms with Gasteiger partial charge in [0.25, 0.3) is 0 Å². The quantitative estimate of drug-likeness (QED) is 0.0398. The van der Waals surface area contributed by atoms with E-state index in [0.29, 0.717) is 17.4 Å². The van der Waals surface area contributed by atoms with E-state index in [2.05, 4.69) is 13.8 Å². The molecule has 0 rings (SSSR count). The van der Waals surface area contributed by atoms with Crippen molar-refractivity contribution in [3.63, 3.8) is 0 Å². The van der Waals surface area contributed by atoms with Crippen molar-refractivity contribution < 1.29 is 42.9 Å². The predicted molar refractivity (Wildman–Crippen MR) is 168 cm³/mol. The summed E-state index contributed by atoms with van der Waals surface area (Å²) in [5.74, 6) is -2.30. The van der Waals surface area contributed by atoms with Gasteiger partial charge >= 0.3 is 11.9 Å². The van der Waals surface area contributed by atoms with E-state index in [1.165, 1.54) is 64.2 Å². The molecule has 0 heterocycles. The number of nitrogens with zero attached hydrogens (tertiary/aromatic N) is 1. The SMILES string of the molecule is CCCCCCCCCCCCCCCC(=O)OC(COC(=O)CCCCCCC)COC(OCC[N+](C)(C)C)C(=O)[O-]. The molecule has 0 saturated heterocycles. The number of quaternary nitrogens is 1. The number of carbonyl (C=O) groups is 3. The van der Waals surface area contributed by atoms with Gasteiger partial charge in [-0.15, -0.1) is 0 Å². The van der Waals surface area contributed by atoms with Gasteiger partial charge in [-0.05, 0) is 12.8 Å². The maximum atomic E-state index is 12.6. The smallest absolute Gasteiger partial charge is 0.306 e. The number of carbonyl (C=O) groups excluding carboxylic acids is 3. The van der Waals surface area contributed by atoms with Crippen LogP contribution in [0.3, 0.4) is 0 Å². The molecule has 2 atom stereocenters. The molecular weight excluding hydrogens is 550 g/mol. The van der Waals surface area contributed by atoms with Gasteiger partial charge in [-0.2, -0.15) is 0 Å². The first-order valence-corrected chi connectivity index (χ1v) is 17.2. The number of hydrogen-bond donors (Lipinski definition) is 0. The van der Waals surface area contributed by atoms with Gasteiger partial charge < -0.3 is 33.3 Å². The van der Waals surface area contributed by atoms with Crippen LogP contribution in [-0.4, -0.2) is 82.3 Å². The molecule has 0 aromatic carbocycles. The number of carboxylic acids is 1. The minimum Gasteiger partial charge on any atom is -0.545 e. The number of likely N-dealkylation sites (N-methyl/N-ethyl adjacent to an activating group) is 1. The van der Waals surface area contributed by atoms with Crippen molar-refractivity contribution in [1.82, 2.24) is 0 Å². The van der Waals surface area contributed by atoms with Crippen molar-refractivity contribution in [1.29, 1.82) is 0 Å². The van der Waals surface area contributed by atoms with Crippen molar-refractivity contribution in [2.75, 3.05) is 47.5 Å². The van der Waals surface area contributed by atoms with Crippen LogP contribution >= 0.6 is 0 Å². The molecule has 0 aromatic rings. The zero-order valence-corrected chi connectivity index (χ0v) is 28.3. The topological polar surface area (TPSA) is 111 Å². The predicted octanol–water partition coefficient (Wildman–Crippen LogP) is 6.10. The lowest BCUT2D eigenvalue weighted by Gasteiger charge is -2.26. The average Bonchev–Trinajstić information content (AvgIpc) is 2.94. The summed E-state index contributed by atoms with van der Waals surface area (Å²) in [5.41, 5.74) is 0. The largest absolute Gasteiger partial charge is 0.545 e. The Hall–Kier alpha value is -1.71. The highest BCUT2D eigenvalue weighted by Crippen LogP contribution is 2.14. The third kappa shape index (κ3) is 28.8. The van der Waals surface area contributed by atoms with E-state index >= 15 is 0 Å². The normalized spacial score (nSPS) is 13.0. The summed E-state index contributed by atoms with van der Waals surface area (Å²) >= 11 is 0. The zero-order chi connectivity index (χ0) is 32.2. The van der Waals surface area contributed by atoms with E-state index < -0.39 is 24.3 Å². The Labute approximate surface area is 262 Å². The van der Waals surface area contributed by atoms with E-state index in [-0.39, 0.29) is 32.2 Å². The van der Waals surface area contributed by atoms with Crippen LogP contribution in [0.4, 0.5) is 0 Å². The van der Waals surface area contributed by atoms with Crippen molar-refractivity contribution >= 4 is 17.9 Å². The van der Waals surface area contributed by atoms with Gasteiger partial charge in [0.1, 0.15) is 13.2 Å². The fourth-order valence-corrected chi connectivity index (χ4v) is 4.59. The number of rotatable bonds is 31. The first kappa shape index (κ1) is 41.3. The van der Waals surface area contributed by atoms with Crippen molar-refractivity contribution in [2.24, 2.45) is 0 Å². The molecule has 0 aliphatic heterocycles. The molecule has 43 heavy (non-hydrogen) atoms. The second kappa shape index (κ2) is 27.8. The number of unbranched alkanes of at least 4 members (excludes halogenated alkanes) is 16. The van der Waals surface area contributed by atoms with E-state index in [1.807, 2.05) is 21.1 Å². The van der Waals surface area contributed by atoms with Crippen LogP contribution < -0.4 is 5.11 Å². The summed E-state index contributed by atoms with van der Waals surface area (Å²) in [6.45, 7) is 4.62. The molecule has 0 N–H and O–H groups in total. The lowest BCUT2D eigenvalue weighted by molar-refractivity contribution is -0.870. The molecule has 254 valence electrons. The zero-order valence-electron chi connectivity index (χ0n) is 28.3. The van der Waals surface area contributed by atoms with E-state index in [1.54, 1.807) is 0 Å². The van der Waals surface area contributed by atoms with Gasteiger partial charge in [-0.1, -0.05) is 117 Å². The molecule has 0 fully saturated rings. The minimum absolute atomic E-state index is 0.151. The lowest BCUT2D eigenvalue weighted by atomic mass is 10.0. The van der Waals surface area contributed by atoms with E-state index in [4.69, 9.17) is 18.9 Å². The Kier molecular flexibility index (Phi) is 26.7. The molecule has 0 bridgehead atoms. The fraction of sp³-hybridized carbons (Fsp3) is 0.912. The molecule has 2 unspecified atom stereocenters. The molecule has 0 aliphatic rings. The summed E-state index contributed by atoms with van der Waals surface area (Å²) in [6.07, 6.45) is 18.9.